The Hall–Kier alpha value is -5.55. The molecule has 11 heteroatoms. The van der Waals surface area contributed by atoms with Gasteiger partial charge in [-0.2, -0.15) is 23.7 Å². The number of aromatic nitrogens is 4. The van der Waals surface area contributed by atoms with E-state index in [1.165, 1.54) is 6.07 Å². The van der Waals surface area contributed by atoms with Crippen LogP contribution in [0.15, 0.2) is 66.7 Å². The molecular formula is C29H17F3N8. The summed E-state index contributed by atoms with van der Waals surface area (Å²) in [6.07, 6.45) is -4.57. The number of rotatable bonds is 2. The van der Waals surface area contributed by atoms with Crippen LogP contribution in [0.1, 0.15) is 28.1 Å². The lowest BCUT2D eigenvalue weighted by molar-refractivity contribution is -0.137. The Morgan fingerprint density at radius 1 is 0.600 bits per heavy atom. The SMILES string of the molecule is Cc1ccc(N2c3nc(C#N)c(C#N)nc3N(c3ccc(C)cc3)c3nc4cc(C(F)(F)F)ccc4nc32)cc1. The van der Waals surface area contributed by atoms with Crippen molar-refractivity contribution in [2.45, 2.75) is 20.0 Å². The van der Waals surface area contributed by atoms with Gasteiger partial charge in [-0.1, -0.05) is 35.4 Å². The van der Waals surface area contributed by atoms with Gasteiger partial charge >= 0.3 is 6.18 Å². The highest BCUT2D eigenvalue weighted by molar-refractivity contribution is 5.98. The first-order valence-electron chi connectivity index (χ1n) is 12.0. The topological polar surface area (TPSA) is 106 Å². The molecule has 5 aromatic rings. The molecular weight excluding hydrogens is 517 g/mol. The molecule has 194 valence electrons. The van der Waals surface area contributed by atoms with E-state index in [1.807, 2.05) is 62.4 Å². The molecule has 2 aromatic heterocycles. The summed E-state index contributed by atoms with van der Waals surface area (Å²) in [6, 6.07) is 21.8. The number of aryl methyl sites for hydroxylation is 2. The zero-order valence-corrected chi connectivity index (χ0v) is 21.1. The number of hydrogen-bond acceptors (Lipinski definition) is 8. The summed E-state index contributed by atoms with van der Waals surface area (Å²) >= 11 is 0. The maximum atomic E-state index is 13.6. The van der Waals surface area contributed by atoms with E-state index in [4.69, 9.17) is 4.98 Å². The Labute approximate surface area is 226 Å². The summed E-state index contributed by atoms with van der Waals surface area (Å²) < 4.78 is 40.7. The van der Waals surface area contributed by atoms with Crippen molar-refractivity contribution in [1.82, 2.24) is 19.9 Å². The average Bonchev–Trinajstić information content (AvgIpc) is 2.94. The van der Waals surface area contributed by atoms with Gasteiger partial charge in [0.05, 0.1) is 16.6 Å². The lowest BCUT2D eigenvalue weighted by Gasteiger charge is -2.36. The lowest BCUT2D eigenvalue weighted by atomic mass is 10.1. The maximum absolute atomic E-state index is 13.6. The van der Waals surface area contributed by atoms with Crippen LogP contribution in [0.3, 0.4) is 0 Å². The molecule has 0 saturated carbocycles. The first kappa shape index (κ1) is 24.8. The molecule has 8 nitrogen and oxygen atoms in total. The van der Waals surface area contributed by atoms with Crippen molar-refractivity contribution in [2.75, 3.05) is 9.80 Å². The van der Waals surface area contributed by atoms with Gasteiger partial charge in [0.25, 0.3) is 0 Å². The van der Waals surface area contributed by atoms with Gasteiger partial charge in [0.1, 0.15) is 12.1 Å². The van der Waals surface area contributed by atoms with Crippen molar-refractivity contribution in [2.24, 2.45) is 0 Å². The highest BCUT2D eigenvalue weighted by Gasteiger charge is 2.38. The van der Waals surface area contributed by atoms with E-state index in [0.29, 0.717) is 11.4 Å². The van der Waals surface area contributed by atoms with Crippen LogP contribution in [-0.2, 0) is 6.18 Å². The zero-order chi connectivity index (χ0) is 28.2. The van der Waals surface area contributed by atoms with Gasteiger partial charge < -0.3 is 0 Å². The second-order valence-electron chi connectivity index (χ2n) is 9.21. The predicted octanol–water partition coefficient (Wildman–Crippen LogP) is 7.05. The summed E-state index contributed by atoms with van der Waals surface area (Å²) in [4.78, 5) is 21.7. The number of halogens is 3. The second kappa shape index (κ2) is 9.03. The number of hydrogen-bond donors (Lipinski definition) is 0. The van der Waals surface area contributed by atoms with Gasteiger partial charge in [0.2, 0.25) is 0 Å². The Morgan fingerprint density at radius 2 is 1.02 bits per heavy atom. The Kier molecular flexibility index (Phi) is 5.59. The Bertz CT molecular complexity index is 1890. The van der Waals surface area contributed by atoms with E-state index in [0.717, 1.165) is 23.3 Å². The first-order chi connectivity index (χ1) is 19.2. The summed E-state index contributed by atoms with van der Waals surface area (Å²) in [5.41, 5.74) is 2.19. The van der Waals surface area contributed by atoms with Crippen LogP contribution >= 0.6 is 0 Å². The van der Waals surface area contributed by atoms with Crippen LogP contribution < -0.4 is 9.80 Å². The molecule has 40 heavy (non-hydrogen) atoms. The largest absolute Gasteiger partial charge is 0.416 e. The minimum atomic E-state index is -4.57. The highest BCUT2D eigenvalue weighted by Crippen LogP contribution is 2.51. The number of benzene rings is 3. The Balaban J connectivity index is 1.73. The van der Waals surface area contributed by atoms with Crippen LogP contribution in [-0.4, -0.2) is 19.9 Å². The van der Waals surface area contributed by atoms with Crippen molar-refractivity contribution < 1.29 is 13.2 Å². The maximum Gasteiger partial charge on any atom is 0.416 e. The normalized spacial score (nSPS) is 12.5. The fourth-order valence-corrected chi connectivity index (χ4v) is 4.46. The van der Waals surface area contributed by atoms with Crippen LogP contribution in [0.2, 0.25) is 0 Å². The third kappa shape index (κ3) is 4.01. The van der Waals surface area contributed by atoms with Crippen LogP contribution in [0.25, 0.3) is 11.0 Å². The molecule has 0 saturated heterocycles. The second-order valence-corrected chi connectivity index (χ2v) is 9.21. The van der Waals surface area contributed by atoms with Crippen molar-refractivity contribution in [3.63, 3.8) is 0 Å². The zero-order valence-electron chi connectivity index (χ0n) is 21.1. The summed E-state index contributed by atoms with van der Waals surface area (Å²) in [6.45, 7) is 3.85. The van der Waals surface area contributed by atoms with Crippen LogP contribution in [0.4, 0.5) is 47.8 Å². The standard InChI is InChI=1S/C29H17F3N8/c1-16-3-8-19(9-4-16)39-25-26(36-22-13-18(29(30,31)32)7-12-21(22)35-25)40(20-10-5-17(2)6-11-20)28-27(39)37-23(14-33)24(15-34)38-28/h3-13H,1-2H3. The van der Waals surface area contributed by atoms with Gasteiger partial charge in [-0.15, -0.1) is 0 Å². The number of nitrogens with zero attached hydrogens (tertiary/aromatic N) is 8. The molecule has 3 heterocycles. The monoisotopic (exact) mass is 534 g/mol. The molecule has 0 radical (unpaired) electrons. The predicted molar refractivity (Wildman–Crippen MR) is 142 cm³/mol. The number of fused-ring (bicyclic) bond motifs is 3. The fourth-order valence-electron chi connectivity index (χ4n) is 4.46. The minimum absolute atomic E-state index is 0.0279. The molecule has 0 amide bonds. The van der Waals surface area contributed by atoms with E-state index in [1.54, 1.807) is 21.9 Å². The van der Waals surface area contributed by atoms with E-state index in [2.05, 4.69) is 15.0 Å². The molecule has 3 aromatic carbocycles. The summed E-state index contributed by atoms with van der Waals surface area (Å²) in [5.74, 6) is 0.847. The molecule has 1 aliphatic rings. The van der Waals surface area contributed by atoms with Crippen LogP contribution in [0.5, 0.6) is 0 Å². The number of nitriles is 2. The van der Waals surface area contributed by atoms with Crippen LogP contribution in [0, 0.1) is 36.5 Å². The summed E-state index contributed by atoms with van der Waals surface area (Å²) in [5, 5.41) is 19.5. The van der Waals surface area contributed by atoms with Gasteiger partial charge in [-0.05, 0) is 56.3 Å². The van der Waals surface area contributed by atoms with Gasteiger partial charge in [-0.3, -0.25) is 9.80 Å². The van der Waals surface area contributed by atoms with E-state index >= 15 is 0 Å². The molecule has 0 spiro atoms. The van der Waals surface area contributed by atoms with Gasteiger partial charge in [0, 0.05) is 11.4 Å². The van der Waals surface area contributed by atoms with E-state index in [9.17, 15) is 23.7 Å². The van der Waals surface area contributed by atoms with Crippen molar-refractivity contribution in [3.8, 4) is 12.1 Å². The Morgan fingerprint density at radius 3 is 1.45 bits per heavy atom. The minimum Gasteiger partial charge on any atom is -0.273 e. The fraction of sp³-hybridized carbons (Fsp3) is 0.103. The third-order valence-corrected chi connectivity index (χ3v) is 6.46. The lowest BCUT2D eigenvalue weighted by Crippen LogP contribution is -2.28. The molecule has 0 fully saturated rings. The van der Waals surface area contributed by atoms with Gasteiger partial charge in [-0.25, -0.2) is 19.9 Å². The average molecular weight is 535 g/mol. The van der Waals surface area contributed by atoms with Crippen molar-refractivity contribution in [1.29, 1.82) is 10.5 Å². The third-order valence-electron chi connectivity index (χ3n) is 6.46. The van der Waals surface area contributed by atoms with Crippen molar-refractivity contribution in [3.05, 3.63) is 94.8 Å². The highest BCUT2D eigenvalue weighted by atomic mass is 19.4. The first-order valence-corrected chi connectivity index (χ1v) is 12.0. The number of anilines is 6. The van der Waals surface area contributed by atoms with Gasteiger partial charge in [0.15, 0.2) is 34.7 Å². The smallest absolute Gasteiger partial charge is 0.273 e. The van der Waals surface area contributed by atoms with E-state index in [-0.39, 0.29) is 45.7 Å². The molecule has 0 aliphatic carbocycles. The molecule has 0 atom stereocenters. The molecule has 0 bridgehead atoms. The van der Waals surface area contributed by atoms with Crippen molar-refractivity contribution >= 4 is 45.7 Å². The summed E-state index contributed by atoms with van der Waals surface area (Å²) in [7, 11) is 0. The molecule has 1 aliphatic heterocycles. The molecule has 0 unspecified atom stereocenters. The van der Waals surface area contributed by atoms with E-state index < -0.39 is 11.7 Å². The molecule has 6 rings (SSSR count). The quantitative estimate of drug-likeness (QED) is 0.233. The number of alkyl halides is 3. The molecule has 0 N–H and O–H groups in total.